The lowest BCUT2D eigenvalue weighted by Gasteiger charge is -2.14. The molecule has 2 rings (SSSR count). The minimum atomic E-state index is -3.71. The summed E-state index contributed by atoms with van der Waals surface area (Å²) in [4.78, 5) is 0.161. The molecule has 0 aliphatic carbocycles. The molecule has 0 saturated heterocycles. The van der Waals surface area contributed by atoms with E-state index in [0.29, 0.717) is 14.6 Å². The van der Waals surface area contributed by atoms with Gasteiger partial charge >= 0.3 is 0 Å². The maximum Gasteiger partial charge on any atom is 0.263 e. The molecule has 112 valence electrons. The number of nitrogens with one attached hydrogen (secondary N) is 1. The predicted molar refractivity (Wildman–Crippen MR) is 93.4 cm³/mol. The van der Waals surface area contributed by atoms with Crippen LogP contribution >= 0.6 is 43.5 Å². The summed E-state index contributed by atoms with van der Waals surface area (Å²) in [5.41, 5.74) is 1.21. The lowest BCUT2D eigenvalue weighted by atomic mass is 10.1. The molecule has 0 radical (unpaired) electrons. The number of sulfonamides is 1. The van der Waals surface area contributed by atoms with E-state index in [2.05, 4.69) is 36.6 Å². The molecule has 0 heterocycles. The minimum absolute atomic E-state index is 0.161. The van der Waals surface area contributed by atoms with Gasteiger partial charge < -0.3 is 0 Å². The zero-order valence-electron chi connectivity index (χ0n) is 11.0. The van der Waals surface area contributed by atoms with Gasteiger partial charge in [-0.2, -0.15) is 0 Å². The number of benzene rings is 2. The van der Waals surface area contributed by atoms with Gasteiger partial charge in [-0.15, -0.1) is 11.6 Å². The lowest BCUT2D eigenvalue weighted by molar-refractivity contribution is 0.600. The van der Waals surface area contributed by atoms with Gasteiger partial charge in [0.25, 0.3) is 10.0 Å². The maximum absolute atomic E-state index is 12.5. The zero-order chi connectivity index (χ0) is 15.6. The number of hydrogen-bond donors (Lipinski definition) is 1. The first kappa shape index (κ1) is 16.8. The Balaban J connectivity index is 2.45. The molecule has 0 spiro atoms. The highest BCUT2D eigenvalue weighted by Gasteiger charge is 2.20. The maximum atomic E-state index is 12.5. The summed E-state index contributed by atoms with van der Waals surface area (Å²) in [7, 11) is -3.71. The van der Waals surface area contributed by atoms with Crippen LogP contribution in [0.15, 0.2) is 56.3 Å². The normalized spacial score (nSPS) is 13.0. The number of rotatable bonds is 4. The van der Waals surface area contributed by atoms with Gasteiger partial charge in [0.05, 0.1) is 11.1 Å². The monoisotopic (exact) mass is 451 g/mol. The lowest BCUT2D eigenvalue weighted by Crippen LogP contribution is -2.15. The third kappa shape index (κ3) is 4.00. The first-order chi connectivity index (χ1) is 9.81. The Morgan fingerprint density at radius 2 is 1.81 bits per heavy atom. The van der Waals surface area contributed by atoms with Crippen molar-refractivity contribution in [3.8, 4) is 0 Å². The highest BCUT2D eigenvalue weighted by atomic mass is 79.9. The van der Waals surface area contributed by atoms with E-state index in [1.54, 1.807) is 43.3 Å². The van der Waals surface area contributed by atoms with Crippen LogP contribution in [0.1, 0.15) is 17.9 Å². The van der Waals surface area contributed by atoms with Crippen molar-refractivity contribution in [1.82, 2.24) is 0 Å². The van der Waals surface area contributed by atoms with Crippen LogP contribution in [0.3, 0.4) is 0 Å². The van der Waals surface area contributed by atoms with Gasteiger partial charge in [0.15, 0.2) is 0 Å². The van der Waals surface area contributed by atoms with Crippen LogP contribution in [-0.2, 0) is 10.0 Å². The SMILES string of the molecule is CC(Cl)c1ccccc1NS(=O)(=O)c1cc(Br)ccc1Br. The van der Waals surface area contributed by atoms with E-state index in [4.69, 9.17) is 11.6 Å². The summed E-state index contributed by atoms with van der Waals surface area (Å²) < 4.78 is 28.9. The van der Waals surface area contributed by atoms with Crippen LogP contribution in [-0.4, -0.2) is 8.42 Å². The Morgan fingerprint density at radius 1 is 1.14 bits per heavy atom. The van der Waals surface area contributed by atoms with Crippen molar-refractivity contribution in [1.29, 1.82) is 0 Å². The van der Waals surface area contributed by atoms with Crippen LogP contribution in [0, 0.1) is 0 Å². The second kappa shape index (κ2) is 6.69. The first-order valence-corrected chi connectivity index (χ1v) is 9.52. The molecule has 0 saturated carbocycles. The molecule has 1 atom stereocenters. The number of hydrogen-bond acceptors (Lipinski definition) is 2. The van der Waals surface area contributed by atoms with Crippen LogP contribution in [0.5, 0.6) is 0 Å². The third-order valence-corrected chi connectivity index (χ3v) is 5.90. The molecule has 3 nitrogen and oxygen atoms in total. The third-order valence-electron chi connectivity index (χ3n) is 2.82. The molecule has 0 amide bonds. The molecule has 2 aromatic rings. The number of para-hydroxylation sites is 1. The minimum Gasteiger partial charge on any atom is -0.279 e. The van der Waals surface area contributed by atoms with Crippen molar-refractivity contribution in [2.24, 2.45) is 0 Å². The van der Waals surface area contributed by atoms with Crippen molar-refractivity contribution in [3.05, 3.63) is 57.0 Å². The summed E-state index contributed by atoms with van der Waals surface area (Å²) in [5, 5.41) is -0.296. The molecular weight excluding hydrogens is 441 g/mol. The van der Waals surface area contributed by atoms with Gasteiger partial charge in [0, 0.05) is 8.95 Å². The summed E-state index contributed by atoms with van der Waals surface area (Å²) >= 11 is 12.6. The highest BCUT2D eigenvalue weighted by Crippen LogP contribution is 2.31. The summed E-state index contributed by atoms with van der Waals surface area (Å²) in [6.07, 6.45) is 0. The van der Waals surface area contributed by atoms with E-state index in [1.807, 2.05) is 6.07 Å². The Kier molecular flexibility index (Phi) is 5.35. The molecule has 0 aromatic heterocycles. The molecule has 21 heavy (non-hydrogen) atoms. The van der Waals surface area contributed by atoms with Gasteiger partial charge in [0.1, 0.15) is 4.90 Å². The van der Waals surface area contributed by atoms with Crippen LogP contribution < -0.4 is 4.72 Å². The fourth-order valence-electron chi connectivity index (χ4n) is 1.82. The largest absolute Gasteiger partial charge is 0.279 e. The Bertz CT molecular complexity index is 763. The van der Waals surface area contributed by atoms with E-state index in [9.17, 15) is 8.42 Å². The fourth-order valence-corrected chi connectivity index (χ4v) is 4.60. The predicted octanol–water partition coefficient (Wildman–Crippen LogP) is 5.31. The smallest absolute Gasteiger partial charge is 0.263 e. The number of alkyl halides is 1. The number of anilines is 1. The molecule has 1 unspecified atom stereocenters. The van der Waals surface area contributed by atoms with E-state index < -0.39 is 10.0 Å². The molecule has 2 aromatic carbocycles. The zero-order valence-corrected chi connectivity index (χ0v) is 15.7. The Labute approximate surface area is 146 Å². The molecule has 0 aliphatic heterocycles. The average Bonchev–Trinajstić information content (AvgIpc) is 2.41. The second-order valence-corrected chi connectivity index (χ2v) is 8.46. The van der Waals surface area contributed by atoms with Gasteiger partial charge in [-0.05, 0) is 52.7 Å². The highest BCUT2D eigenvalue weighted by molar-refractivity contribution is 9.11. The van der Waals surface area contributed by atoms with E-state index >= 15 is 0 Å². The van der Waals surface area contributed by atoms with Crippen LogP contribution in [0.2, 0.25) is 0 Å². The standard InChI is InChI=1S/C14H12Br2ClNO2S/c1-9(17)11-4-2-3-5-13(11)18-21(19,20)14-8-10(15)6-7-12(14)16/h2-9,18H,1H3. The molecule has 0 bridgehead atoms. The van der Waals surface area contributed by atoms with Crippen LogP contribution in [0.25, 0.3) is 0 Å². The summed E-state index contributed by atoms with van der Waals surface area (Å²) in [5.74, 6) is 0. The fraction of sp³-hybridized carbons (Fsp3) is 0.143. The van der Waals surface area contributed by atoms with Crippen molar-refractivity contribution in [2.75, 3.05) is 4.72 Å². The quantitative estimate of drug-likeness (QED) is 0.638. The number of halogens is 3. The second-order valence-electron chi connectivity index (χ2n) is 4.38. The molecule has 0 aliphatic rings. The Hall–Kier alpha value is -0.560. The van der Waals surface area contributed by atoms with Crippen LogP contribution in [0.4, 0.5) is 5.69 Å². The first-order valence-electron chi connectivity index (χ1n) is 6.02. The van der Waals surface area contributed by atoms with Gasteiger partial charge in [-0.3, -0.25) is 4.72 Å². The van der Waals surface area contributed by atoms with Crippen molar-refractivity contribution < 1.29 is 8.42 Å². The average molecular weight is 454 g/mol. The van der Waals surface area contributed by atoms with Gasteiger partial charge in [-0.25, -0.2) is 8.42 Å². The van der Waals surface area contributed by atoms with E-state index in [1.165, 1.54) is 0 Å². The topological polar surface area (TPSA) is 46.2 Å². The van der Waals surface area contributed by atoms with E-state index in [0.717, 1.165) is 5.56 Å². The molecule has 7 heteroatoms. The summed E-state index contributed by atoms with van der Waals surface area (Å²) in [6.45, 7) is 1.80. The Morgan fingerprint density at radius 3 is 2.48 bits per heavy atom. The van der Waals surface area contributed by atoms with Gasteiger partial charge in [-0.1, -0.05) is 34.1 Å². The van der Waals surface area contributed by atoms with Gasteiger partial charge in [0.2, 0.25) is 0 Å². The molecular formula is C14H12Br2ClNO2S. The van der Waals surface area contributed by atoms with Crippen molar-refractivity contribution >= 4 is 59.2 Å². The molecule has 1 N–H and O–H groups in total. The van der Waals surface area contributed by atoms with Crippen molar-refractivity contribution in [3.63, 3.8) is 0 Å². The van der Waals surface area contributed by atoms with E-state index in [-0.39, 0.29) is 10.3 Å². The van der Waals surface area contributed by atoms with Crippen molar-refractivity contribution in [2.45, 2.75) is 17.2 Å². The summed E-state index contributed by atoms with van der Waals surface area (Å²) in [6, 6.07) is 12.0. The molecule has 0 fully saturated rings.